The van der Waals surface area contributed by atoms with Gasteiger partial charge < -0.3 is 9.72 Å². The van der Waals surface area contributed by atoms with E-state index in [9.17, 15) is 4.79 Å². The van der Waals surface area contributed by atoms with Crippen molar-refractivity contribution < 1.29 is 4.74 Å². The van der Waals surface area contributed by atoms with Crippen molar-refractivity contribution in [2.24, 2.45) is 0 Å². The smallest absolute Gasteiger partial charge is 0.258 e. The topological polar surface area (TPSA) is 80.8 Å². The lowest BCUT2D eigenvalue weighted by atomic mass is 10.2. The van der Waals surface area contributed by atoms with Crippen LogP contribution in [0.4, 0.5) is 0 Å². The maximum atomic E-state index is 11.8. The van der Waals surface area contributed by atoms with Gasteiger partial charge in [-0.1, -0.05) is 0 Å². The average molecular weight is 347 g/mol. The predicted molar refractivity (Wildman–Crippen MR) is 81.1 cm³/mol. The fourth-order valence-electron chi connectivity index (χ4n) is 1.92. The second-order valence-electron chi connectivity index (χ2n) is 4.40. The molecule has 3 rings (SSSR count). The number of rotatable bonds is 3. The molecule has 1 N–H and O–H groups in total. The molecule has 106 valence electrons. The van der Waals surface area contributed by atoms with Crippen molar-refractivity contribution in [3.05, 3.63) is 57.6 Å². The van der Waals surface area contributed by atoms with Gasteiger partial charge in [0.25, 0.3) is 5.56 Å². The summed E-state index contributed by atoms with van der Waals surface area (Å²) in [6.45, 7) is 1.85. The third kappa shape index (κ3) is 2.78. The van der Waals surface area contributed by atoms with Crippen molar-refractivity contribution in [1.82, 2.24) is 19.9 Å². The normalized spacial score (nSPS) is 12.3. The van der Waals surface area contributed by atoms with E-state index in [2.05, 4.69) is 35.9 Å². The van der Waals surface area contributed by atoms with Gasteiger partial charge in [0, 0.05) is 12.4 Å². The largest absolute Gasteiger partial charge is 0.482 e. The minimum atomic E-state index is -0.337. The zero-order valence-corrected chi connectivity index (χ0v) is 12.7. The molecule has 0 bridgehead atoms. The molecule has 1 aromatic carbocycles. The fraction of sp³-hybridized carbons (Fsp3) is 0.143. The van der Waals surface area contributed by atoms with Gasteiger partial charge >= 0.3 is 0 Å². The second-order valence-corrected chi connectivity index (χ2v) is 5.25. The number of hydrogen-bond donors (Lipinski definition) is 1. The number of ether oxygens (including phenoxy) is 1. The van der Waals surface area contributed by atoms with E-state index in [1.54, 1.807) is 30.6 Å². The molecule has 0 aliphatic heterocycles. The van der Waals surface area contributed by atoms with Crippen molar-refractivity contribution in [3.63, 3.8) is 0 Å². The third-order valence-corrected chi connectivity index (χ3v) is 3.57. The number of nitrogens with one attached hydrogen (secondary N) is 1. The van der Waals surface area contributed by atoms with E-state index in [0.29, 0.717) is 22.5 Å². The van der Waals surface area contributed by atoms with E-state index >= 15 is 0 Å². The summed E-state index contributed by atoms with van der Waals surface area (Å²) in [5.74, 6) is 1.12. The molecular weight excluding hydrogens is 336 g/mol. The highest BCUT2D eigenvalue weighted by Crippen LogP contribution is 2.31. The lowest BCUT2D eigenvalue weighted by Gasteiger charge is -2.14. The van der Waals surface area contributed by atoms with Gasteiger partial charge in [-0.3, -0.25) is 4.79 Å². The lowest BCUT2D eigenvalue weighted by Crippen LogP contribution is -2.09. The highest BCUT2D eigenvalue weighted by Gasteiger charge is 2.13. The monoisotopic (exact) mass is 346 g/mol. The number of aromatic amines is 1. The Labute approximate surface area is 128 Å². The molecule has 0 fully saturated rings. The van der Waals surface area contributed by atoms with Crippen molar-refractivity contribution in [1.29, 1.82) is 0 Å². The van der Waals surface area contributed by atoms with Crippen LogP contribution in [-0.4, -0.2) is 19.9 Å². The molecule has 7 heteroatoms. The number of fused-ring (bicyclic) bond motifs is 1. The van der Waals surface area contributed by atoms with Gasteiger partial charge in [-0.15, -0.1) is 0 Å². The van der Waals surface area contributed by atoms with Crippen molar-refractivity contribution in [2.45, 2.75) is 13.0 Å². The Hall–Kier alpha value is -2.28. The van der Waals surface area contributed by atoms with Crippen LogP contribution in [0.25, 0.3) is 10.9 Å². The molecule has 2 heterocycles. The Bertz CT molecular complexity index is 835. The zero-order valence-electron chi connectivity index (χ0n) is 11.1. The number of hydrogen-bond acceptors (Lipinski definition) is 5. The summed E-state index contributed by atoms with van der Waals surface area (Å²) < 4.78 is 6.56. The molecule has 21 heavy (non-hydrogen) atoms. The Morgan fingerprint density at radius 3 is 2.76 bits per heavy atom. The molecule has 0 saturated carbocycles. The van der Waals surface area contributed by atoms with Gasteiger partial charge in [0.15, 0.2) is 11.9 Å². The Kier molecular flexibility index (Phi) is 3.66. The van der Waals surface area contributed by atoms with Gasteiger partial charge in [-0.05, 0) is 41.1 Å². The minimum absolute atomic E-state index is 0.207. The first kappa shape index (κ1) is 13.7. The fourth-order valence-corrected chi connectivity index (χ4v) is 2.35. The van der Waals surface area contributed by atoms with Gasteiger partial charge in [0.1, 0.15) is 5.75 Å². The van der Waals surface area contributed by atoms with Crippen LogP contribution < -0.4 is 10.3 Å². The number of H-pyrrole nitrogens is 1. The maximum Gasteiger partial charge on any atom is 0.258 e. The summed E-state index contributed by atoms with van der Waals surface area (Å²) in [6, 6.07) is 5.15. The number of nitrogens with zero attached hydrogens (tertiary/aromatic N) is 3. The molecular formula is C14H11BrN4O2. The standard InChI is InChI=1S/C14H11BrN4O2/c1-8(13-16-3-2-4-17-13)21-12-5-9-11(6-10(12)15)18-7-19-14(9)20/h2-8H,1H3,(H,18,19,20)/t8-/m0/s1. The summed E-state index contributed by atoms with van der Waals surface area (Å²) in [7, 11) is 0. The van der Waals surface area contributed by atoms with Crippen LogP contribution in [0, 0.1) is 0 Å². The molecule has 0 spiro atoms. The van der Waals surface area contributed by atoms with Crippen molar-refractivity contribution >= 4 is 26.8 Å². The van der Waals surface area contributed by atoms with E-state index < -0.39 is 0 Å². The summed E-state index contributed by atoms with van der Waals surface area (Å²) in [5.41, 5.74) is 0.391. The second kappa shape index (κ2) is 5.61. The third-order valence-electron chi connectivity index (χ3n) is 2.95. The van der Waals surface area contributed by atoms with Crippen LogP contribution in [0.5, 0.6) is 5.75 Å². The van der Waals surface area contributed by atoms with Crippen LogP contribution in [0.2, 0.25) is 0 Å². The molecule has 0 aliphatic rings. The number of aromatic nitrogens is 4. The molecule has 0 amide bonds. The van der Waals surface area contributed by atoms with Crippen LogP contribution >= 0.6 is 15.9 Å². The highest BCUT2D eigenvalue weighted by molar-refractivity contribution is 9.10. The number of benzene rings is 1. The SMILES string of the molecule is C[C@H](Oc1cc2c(=O)[nH]cnc2cc1Br)c1ncccn1. The van der Waals surface area contributed by atoms with Crippen LogP contribution in [0.3, 0.4) is 0 Å². The van der Waals surface area contributed by atoms with Gasteiger partial charge in [-0.2, -0.15) is 0 Å². The predicted octanol–water partition coefficient (Wildman–Crippen LogP) is 2.62. The summed E-state index contributed by atoms with van der Waals surface area (Å²) in [6.07, 6.45) is 4.35. The lowest BCUT2D eigenvalue weighted by molar-refractivity contribution is 0.215. The zero-order chi connectivity index (χ0) is 14.8. The summed E-state index contributed by atoms with van der Waals surface area (Å²) in [5, 5.41) is 0.469. The number of halogens is 1. The van der Waals surface area contributed by atoms with Crippen molar-refractivity contribution in [3.8, 4) is 5.75 Å². The Morgan fingerprint density at radius 2 is 2.00 bits per heavy atom. The van der Waals surface area contributed by atoms with E-state index in [-0.39, 0.29) is 11.7 Å². The Balaban J connectivity index is 1.99. The van der Waals surface area contributed by atoms with E-state index in [0.717, 1.165) is 4.47 Å². The van der Waals surface area contributed by atoms with E-state index in [1.807, 2.05) is 6.92 Å². The molecule has 0 aliphatic carbocycles. The quantitative estimate of drug-likeness (QED) is 0.788. The van der Waals surface area contributed by atoms with E-state index in [1.165, 1.54) is 6.33 Å². The van der Waals surface area contributed by atoms with Gasteiger partial charge in [0.2, 0.25) is 0 Å². The minimum Gasteiger partial charge on any atom is -0.482 e. The maximum absolute atomic E-state index is 11.8. The van der Waals surface area contributed by atoms with Crippen LogP contribution in [0.15, 0.2) is 46.2 Å². The first-order chi connectivity index (χ1) is 10.1. The summed E-state index contributed by atoms with van der Waals surface area (Å²) in [4.78, 5) is 26.8. The van der Waals surface area contributed by atoms with Gasteiger partial charge in [-0.25, -0.2) is 15.0 Å². The highest BCUT2D eigenvalue weighted by atomic mass is 79.9. The Morgan fingerprint density at radius 1 is 1.24 bits per heavy atom. The van der Waals surface area contributed by atoms with Gasteiger partial charge in [0.05, 0.1) is 21.7 Å². The molecule has 0 radical (unpaired) electrons. The molecule has 0 saturated heterocycles. The first-order valence-corrected chi connectivity index (χ1v) is 7.05. The van der Waals surface area contributed by atoms with E-state index in [4.69, 9.17) is 4.74 Å². The molecule has 1 atom stereocenters. The average Bonchev–Trinajstić information content (AvgIpc) is 2.50. The van der Waals surface area contributed by atoms with Crippen molar-refractivity contribution in [2.75, 3.05) is 0 Å². The molecule has 3 aromatic rings. The summed E-state index contributed by atoms with van der Waals surface area (Å²) >= 11 is 3.42. The molecule has 6 nitrogen and oxygen atoms in total. The first-order valence-electron chi connectivity index (χ1n) is 6.25. The van der Waals surface area contributed by atoms with Crippen LogP contribution in [-0.2, 0) is 0 Å². The molecule has 0 unspecified atom stereocenters. The molecule has 2 aromatic heterocycles. The van der Waals surface area contributed by atoms with Crippen LogP contribution in [0.1, 0.15) is 18.9 Å².